The van der Waals surface area contributed by atoms with E-state index in [1.165, 1.54) is 25.7 Å². The Balaban J connectivity index is 2.03. The summed E-state index contributed by atoms with van der Waals surface area (Å²) < 4.78 is 0. The van der Waals surface area contributed by atoms with E-state index in [0.717, 1.165) is 44.5 Å². The van der Waals surface area contributed by atoms with Gasteiger partial charge in [-0.3, -0.25) is 9.78 Å². The van der Waals surface area contributed by atoms with Gasteiger partial charge < -0.3 is 10.2 Å². The van der Waals surface area contributed by atoms with Crippen molar-refractivity contribution in [2.75, 3.05) is 18.0 Å². The van der Waals surface area contributed by atoms with Gasteiger partial charge in [0, 0.05) is 25.3 Å². The van der Waals surface area contributed by atoms with Crippen LogP contribution in [-0.2, 0) is 0 Å². The van der Waals surface area contributed by atoms with E-state index in [1.54, 1.807) is 6.20 Å². The summed E-state index contributed by atoms with van der Waals surface area (Å²) in [5.74, 6) is 0.0270. The van der Waals surface area contributed by atoms with Crippen LogP contribution in [0.25, 0.3) is 0 Å². The second-order valence-corrected chi connectivity index (χ2v) is 6.58. The van der Waals surface area contributed by atoms with Gasteiger partial charge in [-0.05, 0) is 31.7 Å². The van der Waals surface area contributed by atoms with Gasteiger partial charge in [0.05, 0.1) is 17.4 Å². The molecule has 0 aromatic carbocycles. The molecule has 2 rings (SSSR count). The van der Waals surface area contributed by atoms with Gasteiger partial charge in [0.25, 0.3) is 5.91 Å². The number of rotatable bonds is 7. The molecule has 1 aromatic heterocycles. The lowest BCUT2D eigenvalue weighted by atomic mass is 10.1. The Morgan fingerprint density at radius 3 is 2.39 bits per heavy atom. The largest absolute Gasteiger partial charge is 0.370 e. The number of nitrogens with zero attached hydrogens (tertiary/aromatic N) is 2. The first kappa shape index (κ1) is 17.8. The molecule has 0 unspecified atom stereocenters. The first-order valence-electron chi connectivity index (χ1n) is 9.25. The SMILES string of the molecule is CCCN(CCC)c1cncc(C(=O)NC2CCCCCC2)c1. The van der Waals surface area contributed by atoms with Crippen LogP contribution >= 0.6 is 0 Å². The molecule has 1 fully saturated rings. The van der Waals surface area contributed by atoms with Crippen molar-refractivity contribution in [3.63, 3.8) is 0 Å². The maximum absolute atomic E-state index is 12.5. The molecule has 23 heavy (non-hydrogen) atoms. The zero-order valence-electron chi connectivity index (χ0n) is 14.7. The van der Waals surface area contributed by atoms with Crippen molar-refractivity contribution >= 4 is 11.6 Å². The normalized spacial score (nSPS) is 15.9. The van der Waals surface area contributed by atoms with E-state index >= 15 is 0 Å². The minimum absolute atomic E-state index is 0.0270. The number of amides is 1. The predicted octanol–water partition coefficient (Wildman–Crippen LogP) is 4.16. The molecule has 0 atom stereocenters. The molecule has 0 spiro atoms. The standard InChI is InChI=1S/C19H31N3O/c1-3-11-22(12-4-2)18-13-16(14-20-15-18)19(23)21-17-9-7-5-6-8-10-17/h13-15,17H,3-12H2,1-2H3,(H,21,23). The predicted molar refractivity (Wildman–Crippen MR) is 96.0 cm³/mol. The number of nitrogens with one attached hydrogen (secondary N) is 1. The molecular formula is C19H31N3O. The summed E-state index contributed by atoms with van der Waals surface area (Å²) in [5, 5.41) is 3.21. The molecule has 1 N–H and O–H groups in total. The lowest BCUT2D eigenvalue weighted by Gasteiger charge is -2.24. The zero-order valence-corrected chi connectivity index (χ0v) is 14.7. The first-order chi connectivity index (χ1) is 11.2. The van der Waals surface area contributed by atoms with Crippen LogP contribution in [0, 0.1) is 0 Å². The molecular weight excluding hydrogens is 286 g/mol. The summed E-state index contributed by atoms with van der Waals surface area (Å²) in [5.41, 5.74) is 1.74. The topological polar surface area (TPSA) is 45.2 Å². The summed E-state index contributed by atoms with van der Waals surface area (Å²) in [6.07, 6.45) is 13.0. The lowest BCUT2D eigenvalue weighted by molar-refractivity contribution is 0.0933. The molecule has 4 heteroatoms. The van der Waals surface area contributed by atoms with Crippen molar-refractivity contribution in [2.24, 2.45) is 0 Å². The van der Waals surface area contributed by atoms with E-state index in [-0.39, 0.29) is 5.91 Å². The minimum Gasteiger partial charge on any atom is -0.370 e. The Hall–Kier alpha value is -1.58. The molecule has 0 aliphatic heterocycles. The fourth-order valence-corrected chi connectivity index (χ4v) is 3.33. The number of hydrogen-bond acceptors (Lipinski definition) is 3. The van der Waals surface area contributed by atoms with E-state index in [0.29, 0.717) is 11.6 Å². The van der Waals surface area contributed by atoms with E-state index in [2.05, 4.69) is 29.0 Å². The molecule has 1 saturated carbocycles. The highest BCUT2D eigenvalue weighted by Gasteiger charge is 2.17. The van der Waals surface area contributed by atoms with Crippen molar-refractivity contribution in [1.82, 2.24) is 10.3 Å². The second kappa shape index (κ2) is 9.53. The average Bonchev–Trinajstić information content (AvgIpc) is 2.83. The first-order valence-corrected chi connectivity index (χ1v) is 9.25. The Morgan fingerprint density at radius 1 is 1.13 bits per heavy atom. The summed E-state index contributed by atoms with van der Waals surface area (Å²) in [4.78, 5) is 19.2. The van der Waals surface area contributed by atoms with Crippen LogP contribution in [0.3, 0.4) is 0 Å². The molecule has 0 saturated heterocycles. The van der Waals surface area contributed by atoms with Crippen LogP contribution in [0.5, 0.6) is 0 Å². The third-order valence-electron chi connectivity index (χ3n) is 4.53. The molecule has 1 heterocycles. The van der Waals surface area contributed by atoms with Gasteiger partial charge in [0.2, 0.25) is 0 Å². The van der Waals surface area contributed by atoms with E-state index in [9.17, 15) is 4.79 Å². The van der Waals surface area contributed by atoms with Gasteiger partial charge in [-0.25, -0.2) is 0 Å². The highest BCUT2D eigenvalue weighted by molar-refractivity contribution is 5.94. The van der Waals surface area contributed by atoms with Crippen molar-refractivity contribution in [1.29, 1.82) is 0 Å². The van der Waals surface area contributed by atoms with Crippen LogP contribution in [0.15, 0.2) is 18.5 Å². The van der Waals surface area contributed by atoms with Crippen LogP contribution in [0.2, 0.25) is 0 Å². The molecule has 1 aromatic rings. The Kier molecular flexibility index (Phi) is 7.37. The van der Waals surface area contributed by atoms with Gasteiger partial charge in [-0.15, -0.1) is 0 Å². The maximum Gasteiger partial charge on any atom is 0.253 e. The van der Waals surface area contributed by atoms with Gasteiger partial charge in [0.1, 0.15) is 0 Å². The number of aromatic nitrogens is 1. The van der Waals surface area contributed by atoms with Crippen LogP contribution < -0.4 is 10.2 Å². The summed E-state index contributed by atoms with van der Waals surface area (Å²) in [7, 11) is 0. The molecule has 0 bridgehead atoms. The molecule has 128 valence electrons. The Morgan fingerprint density at radius 2 is 1.78 bits per heavy atom. The van der Waals surface area contributed by atoms with Crippen molar-refractivity contribution < 1.29 is 4.79 Å². The van der Waals surface area contributed by atoms with Gasteiger partial charge in [-0.1, -0.05) is 39.5 Å². The third kappa shape index (κ3) is 5.52. The quantitative estimate of drug-likeness (QED) is 0.768. The number of anilines is 1. The van der Waals surface area contributed by atoms with E-state index < -0.39 is 0 Å². The fraction of sp³-hybridized carbons (Fsp3) is 0.684. The average molecular weight is 317 g/mol. The zero-order chi connectivity index (χ0) is 16.5. The van der Waals surface area contributed by atoms with Crippen LogP contribution in [-0.4, -0.2) is 30.0 Å². The van der Waals surface area contributed by atoms with E-state index in [4.69, 9.17) is 0 Å². The van der Waals surface area contributed by atoms with Gasteiger partial charge in [-0.2, -0.15) is 0 Å². The molecule has 1 aliphatic rings. The Labute approximate surface area is 140 Å². The number of hydrogen-bond donors (Lipinski definition) is 1. The summed E-state index contributed by atoms with van der Waals surface area (Å²) in [6, 6.07) is 2.32. The van der Waals surface area contributed by atoms with Gasteiger partial charge in [0.15, 0.2) is 0 Å². The molecule has 1 amide bonds. The molecule has 1 aliphatic carbocycles. The number of carbonyl (C=O) groups is 1. The van der Waals surface area contributed by atoms with E-state index in [1.807, 2.05) is 12.3 Å². The number of carbonyl (C=O) groups excluding carboxylic acids is 1. The van der Waals surface area contributed by atoms with Gasteiger partial charge >= 0.3 is 0 Å². The maximum atomic E-state index is 12.5. The minimum atomic E-state index is 0.0270. The Bertz CT molecular complexity index is 475. The fourth-order valence-electron chi connectivity index (χ4n) is 3.33. The number of pyridine rings is 1. The second-order valence-electron chi connectivity index (χ2n) is 6.58. The highest BCUT2D eigenvalue weighted by atomic mass is 16.1. The van der Waals surface area contributed by atoms with Crippen LogP contribution in [0.4, 0.5) is 5.69 Å². The highest BCUT2D eigenvalue weighted by Crippen LogP contribution is 2.19. The third-order valence-corrected chi connectivity index (χ3v) is 4.53. The smallest absolute Gasteiger partial charge is 0.253 e. The summed E-state index contributed by atoms with van der Waals surface area (Å²) >= 11 is 0. The summed E-state index contributed by atoms with van der Waals surface area (Å²) in [6.45, 7) is 6.36. The van der Waals surface area contributed by atoms with Crippen LogP contribution in [0.1, 0.15) is 75.6 Å². The lowest BCUT2D eigenvalue weighted by Crippen LogP contribution is -2.34. The monoisotopic (exact) mass is 317 g/mol. The molecule has 4 nitrogen and oxygen atoms in total. The molecule has 0 radical (unpaired) electrons. The van der Waals surface area contributed by atoms with Crippen molar-refractivity contribution in [3.8, 4) is 0 Å². The van der Waals surface area contributed by atoms with Crippen molar-refractivity contribution in [3.05, 3.63) is 24.0 Å². The van der Waals surface area contributed by atoms with Crippen molar-refractivity contribution in [2.45, 2.75) is 71.3 Å².